The second-order valence-electron chi connectivity index (χ2n) is 11.4. The Hall–Kier alpha value is -4.28. The van der Waals surface area contributed by atoms with E-state index in [-0.39, 0.29) is 25.1 Å². The maximum atomic E-state index is 14.3. The van der Waals surface area contributed by atoms with Crippen molar-refractivity contribution in [3.63, 3.8) is 0 Å². The van der Waals surface area contributed by atoms with E-state index in [1.807, 2.05) is 0 Å². The molecular weight excluding hydrogens is 552 g/mol. The van der Waals surface area contributed by atoms with E-state index < -0.39 is 41.5 Å². The summed E-state index contributed by atoms with van der Waals surface area (Å²) >= 11 is 0. The number of ether oxygens (including phenoxy) is 2. The Labute approximate surface area is 254 Å². The number of phenolic OH excluding ortho intramolecular Hbond substituents is 1. The first-order valence-electron chi connectivity index (χ1n) is 14.7. The minimum Gasteiger partial charge on any atom is -0.508 e. The van der Waals surface area contributed by atoms with E-state index in [0.717, 1.165) is 25.7 Å². The molecule has 2 aromatic carbocycles. The van der Waals surface area contributed by atoms with Gasteiger partial charge >= 0.3 is 6.09 Å². The molecule has 0 spiro atoms. The number of amides is 4. The first-order chi connectivity index (χ1) is 20.3. The van der Waals surface area contributed by atoms with Gasteiger partial charge in [0, 0.05) is 18.7 Å². The van der Waals surface area contributed by atoms with Crippen LogP contribution < -0.4 is 21.1 Å². The van der Waals surface area contributed by atoms with E-state index in [2.05, 4.69) is 17.6 Å². The Bertz CT molecular complexity index is 1210. The fraction of sp³-hybridized carbons (Fsp3) is 0.500. The van der Waals surface area contributed by atoms with Gasteiger partial charge in [0.1, 0.15) is 29.2 Å². The van der Waals surface area contributed by atoms with E-state index in [4.69, 9.17) is 15.2 Å². The molecule has 0 heterocycles. The van der Waals surface area contributed by atoms with Gasteiger partial charge in [-0.3, -0.25) is 14.4 Å². The van der Waals surface area contributed by atoms with Gasteiger partial charge in [0.05, 0.1) is 7.11 Å². The standard InChI is InChI=1S/C32H46N4O7/c1-6-7-8-9-10-20-36(30(40)26(18-19-27(33)38)35-31(41)43-32(2,3)4)28(22-12-11-13-24(37)21-22)29(39)34-23-14-16-25(42-5)17-15-23/h11-17,21,26,28,37H,6-10,18-20H2,1-5H3,(H2,33,38)(H,34,39)(H,35,41). The molecule has 0 aliphatic heterocycles. The van der Waals surface area contributed by atoms with Crippen molar-refractivity contribution in [3.05, 3.63) is 54.1 Å². The zero-order chi connectivity index (χ0) is 32.0. The summed E-state index contributed by atoms with van der Waals surface area (Å²) in [5, 5.41) is 15.7. The van der Waals surface area contributed by atoms with Gasteiger partial charge in [-0.15, -0.1) is 0 Å². The zero-order valence-corrected chi connectivity index (χ0v) is 25.9. The maximum Gasteiger partial charge on any atom is 0.408 e. The largest absolute Gasteiger partial charge is 0.508 e. The number of unbranched alkanes of at least 4 members (excludes halogenated alkanes) is 4. The number of aromatic hydroxyl groups is 1. The number of phenols is 1. The van der Waals surface area contributed by atoms with E-state index in [1.54, 1.807) is 57.2 Å². The van der Waals surface area contributed by atoms with Crippen LogP contribution in [0, 0.1) is 0 Å². The van der Waals surface area contributed by atoms with Crippen molar-refractivity contribution in [2.45, 2.75) is 90.3 Å². The number of anilines is 1. The lowest BCUT2D eigenvalue weighted by atomic mass is 10.00. The van der Waals surface area contributed by atoms with Crippen LogP contribution >= 0.6 is 0 Å². The third-order valence-corrected chi connectivity index (χ3v) is 6.56. The number of benzene rings is 2. The van der Waals surface area contributed by atoms with Crippen LogP contribution in [-0.2, 0) is 19.1 Å². The Balaban J connectivity index is 2.53. The molecule has 0 fully saturated rings. The number of hydrogen-bond donors (Lipinski definition) is 4. The Morgan fingerprint density at radius 2 is 1.67 bits per heavy atom. The lowest BCUT2D eigenvalue weighted by molar-refractivity contribution is -0.141. The average molecular weight is 599 g/mol. The normalized spacial score (nSPS) is 12.5. The smallest absolute Gasteiger partial charge is 0.408 e. The second kappa shape index (κ2) is 17.0. The number of rotatable bonds is 16. The number of alkyl carbamates (subject to hydrolysis) is 1. The highest BCUT2D eigenvalue weighted by Crippen LogP contribution is 2.28. The number of carbonyl (C=O) groups excluding carboxylic acids is 4. The van der Waals surface area contributed by atoms with Crippen molar-refractivity contribution in [2.75, 3.05) is 19.0 Å². The van der Waals surface area contributed by atoms with Crippen LogP contribution in [0.4, 0.5) is 10.5 Å². The average Bonchev–Trinajstić information content (AvgIpc) is 2.93. The summed E-state index contributed by atoms with van der Waals surface area (Å²) in [4.78, 5) is 54.0. The molecule has 2 rings (SSSR count). The number of nitrogens with one attached hydrogen (secondary N) is 2. The number of primary amides is 1. The third kappa shape index (κ3) is 12.2. The molecule has 2 unspecified atom stereocenters. The molecule has 0 saturated heterocycles. The quantitative estimate of drug-likeness (QED) is 0.197. The van der Waals surface area contributed by atoms with Crippen molar-refractivity contribution in [2.24, 2.45) is 5.73 Å². The summed E-state index contributed by atoms with van der Waals surface area (Å²) in [6, 6.07) is 10.5. The molecule has 11 heteroatoms. The van der Waals surface area contributed by atoms with Gasteiger partial charge in [0.15, 0.2) is 0 Å². The van der Waals surface area contributed by atoms with Gasteiger partial charge in [0.2, 0.25) is 11.8 Å². The highest BCUT2D eigenvalue weighted by atomic mass is 16.6. The maximum absolute atomic E-state index is 14.3. The molecule has 0 aliphatic carbocycles. The van der Waals surface area contributed by atoms with Crippen molar-refractivity contribution < 1.29 is 33.8 Å². The molecule has 236 valence electrons. The molecule has 2 atom stereocenters. The number of nitrogens with zero attached hydrogens (tertiary/aromatic N) is 1. The Morgan fingerprint density at radius 3 is 2.26 bits per heavy atom. The van der Waals surface area contributed by atoms with E-state index in [1.165, 1.54) is 24.1 Å². The summed E-state index contributed by atoms with van der Waals surface area (Å²) in [5.74, 6) is -1.22. The van der Waals surface area contributed by atoms with Crippen LogP contribution in [0.5, 0.6) is 11.5 Å². The molecule has 2 aromatic rings. The summed E-state index contributed by atoms with van der Waals surface area (Å²) in [6.45, 7) is 7.36. The van der Waals surface area contributed by atoms with Gasteiger partial charge in [-0.05, 0) is 75.6 Å². The SMILES string of the molecule is CCCCCCCN(C(=O)C(CCC(N)=O)NC(=O)OC(C)(C)C)C(C(=O)Nc1ccc(OC)cc1)c1cccc(O)c1. The number of carbonyl (C=O) groups is 4. The molecule has 0 aromatic heterocycles. The predicted octanol–water partition coefficient (Wildman–Crippen LogP) is 5.04. The molecule has 0 saturated carbocycles. The van der Waals surface area contributed by atoms with Gasteiger partial charge in [-0.2, -0.15) is 0 Å². The van der Waals surface area contributed by atoms with Crippen molar-refractivity contribution in [3.8, 4) is 11.5 Å². The minimum absolute atomic E-state index is 0.0766. The number of methoxy groups -OCH3 is 1. The van der Waals surface area contributed by atoms with Gasteiger partial charge in [0.25, 0.3) is 5.91 Å². The van der Waals surface area contributed by atoms with Crippen LogP contribution in [0.2, 0.25) is 0 Å². The topological polar surface area (TPSA) is 160 Å². The number of nitrogens with two attached hydrogens (primary N) is 1. The summed E-state index contributed by atoms with van der Waals surface area (Å²) in [7, 11) is 1.54. The van der Waals surface area contributed by atoms with Gasteiger partial charge in [-0.25, -0.2) is 4.79 Å². The molecule has 11 nitrogen and oxygen atoms in total. The zero-order valence-electron chi connectivity index (χ0n) is 25.9. The predicted molar refractivity (Wildman–Crippen MR) is 165 cm³/mol. The van der Waals surface area contributed by atoms with Crippen molar-refractivity contribution in [1.82, 2.24) is 10.2 Å². The summed E-state index contributed by atoms with van der Waals surface area (Å²) in [5.41, 5.74) is 5.41. The van der Waals surface area contributed by atoms with Crippen LogP contribution in [0.25, 0.3) is 0 Å². The monoisotopic (exact) mass is 598 g/mol. The molecule has 4 amide bonds. The number of hydrogen-bond acceptors (Lipinski definition) is 7. The fourth-order valence-corrected chi connectivity index (χ4v) is 4.50. The first kappa shape index (κ1) is 34.9. The van der Waals surface area contributed by atoms with Gasteiger partial charge < -0.3 is 35.8 Å². The lowest BCUT2D eigenvalue weighted by Crippen LogP contribution is -2.52. The van der Waals surface area contributed by atoms with Crippen molar-refractivity contribution >= 4 is 29.5 Å². The van der Waals surface area contributed by atoms with Crippen LogP contribution in [0.15, 0.2) is 48.5 Å². The van der Waals surface area contributed by atoms with E-state index in [9.17, 15) is 24.3 Å². The molecular formula is C32H46N4O7. The second-order valence-corrected chi connectivity index (χ2v) is 11.4. The fourth-order valence-electron chi connectivity index (χ4n) is 4.50. The Kier molecular flexibility index (Phi) is 13.8. The van der Waals surface area contributed by atoms with Crippen LogP contribution in [0.3, 0.4) is 0 Å². The minimum atomic E-state index is -1.20. The highest BCUT2D eigenvalue weighted by Gasteiger charge is 2.36. The Morgan fingerprint density at radius 1 is 1.00 bits per heavy atom. The van der Waals surface area contributed by atoms with Crippen LogP contribution in [-0.4, -0.2) is 59.1 Å². The molecule has 0 bridgehead atoms. The third-order valence-electron chi connectivity index (χ3n) is 6.56. The highest BCUT2D eigenvalue weighted by molar-refractivity contribution is 5.99. The summed E-state index contributed by atoms with van der Waals surface area (Å²) in [6.07, 6.45) is 3.32. The van der Waals surface area contributed by atoms with E-state index >= 15 is 0 Å². The van der Waals surface area contributed by atoms with Gasteiger partial charge in [-0.1, -0.05) is 44.7 Å². The van der Waals surface area contributed by atoms with Crippen molar-refractivity contribution in [1.29, 1.82) is 0 Å². The van der Waals surface area contributed by atoms with Crippen LogP contribution in [0.1, 0.15) is 84.2 Å². The molecule has 5 N–H and O–H groups in total. The molecule has 0 radical (unpaired) electrons. The van der Waals surface area contributed by atoms with E-state index in [0.29, 0.717) is 23.4 Å². The lowest BCUT2D eigenvalue weighted by Gasteiger charge is -2.34. The first-order valence-corrected chi connectivity index (χ1v) is 14.7. The molecule has 43 heavy (non-hydrogen) atoms. The summed E-state index contributed by atoms with van der Waals surface area (Å²) < 4.78 is 10.6. The molecule has 0 aliphatic rings.